The lowest BCUT2D eigenvalue weighted by Gasteiger charge is -2.06. The van der Waals surface area contributed by atoms with Gasteiger partial charge in [0.1, 0.15) is 12.0 Å². The standard InChI is InChI=1S/C18H12N6O/c1-4-12-6-2-8-19-15(12)13(5-1)10-24-18-17(22-23-24)16(20-11-21-18)14-7-3-9-25-14/h1-9,11H,10H2. The quantitative estimate of drug-likeness (QED) is 0.506. The molecule has 5 aromatic rings. The molecule has 120 valence electrons. The maximum Gasteiger partial charge on any atom is 0.182 e. The molecule has 4 heterocycles. The Morgan fingerprint density at radius 3 is 2.80 bits per heavy atom. The molecular weight excluding hydrogens is 316 g/mol. The summed E-state index contributed by atoms with van der Waals surface area (Å²) in [5, 5.41) is 9.61. The van der Waals surface area contributed by atoms with Gasteiger partial charge in [-0.3, -0.25) is 4.98 Å². The number of nitrogens with zero attached hydrogens (tertiary/aromatic N) is 6. The van der Waals surface area contributed by atoms with Gasteiger partial charge in [0.25, 0.3) is 0 Å². The third-order valence-corrected chi connectivity index (χ3v) is 4.09. The molecule has 4 aromatic heterocycles. The van der Waals surface area contributed by atoms with E-state index in [-0.39, 0.29) is 0 Å². The number of benzene rings is 1. The van der Waals surface area contributed by atoms with E-state index in [1.807, 2.05) is 42.5 Å². The summed E-state index contributed by atoms with van der Waals surface area (Å²) in [6, 6.07) is 13.7. The predicted molar refractivity (Wildman–Crippen MR) is 91.7 cm³/mol. The number of hydrogen-bond donors (Lipinski definition) is 0. The summed E-state index contributed by atoms with van der Waals surface area (Å²) in [5.41, 5.74) is 3.93. The number of pyridine rings is 1. The highest BCUT2D eigenvalue weighted by Gasteiger charge is 2.15. The van der Waals surface area contributed by atoms with Crippen LogP contribution in [0.3, 0.4) is 0 Å². The van der Waals surface area contributed by atoms with Crippen molar-refractivity contribution in [3.8, 4) is 11.5 Å². The molecule has 0 spiro atoms. The van der Waals surface area contributed by atoms with Crippen molar-refractivity contribution in [1.29, 1.82) is 0 Å². The first-order valence-corrected chi connectivity index (χ1v) is 7.81. The summed E-state index contributed by atoms with van der Waals surface area (Å²) in [6.07, 6.45) is 4.90. The second-order valence-electron chi connectivity index (χ2n) is 5.61. The fourth-order valence-corrected chi connectivity index (χ4v) is 2.95. The number of para-hydroxylation sites is 1. The van der Waals surface area contributed by atoms with Crippen molar-refractivity contribution in [2.24, 2.45) is 0 Å². The van der Waals surface area contributed by atoms with Crippen LogP contribution in [0.2, 0.25) is 0 Å². The molecule has 0 aliphatic heterocycles. The Bertz CT molecular complexity index is 1170. The van der Waals surface area contributed by atoms with Crippen LogP contribution in [-0.2, 0) is 6.54 Å². The van der Waals surface area contributed by atoms with E-state index < -0.39 is 0 Å². The molecule has 25 heavy (non-hydrogen) atoms. The highest BCUT2D eigenvalue weighted by Crippen LogP contribution is 2.24. The van der Waals surface area contributed by atoms with Gasteiger partial charge in [0.2, 0.25) is 0 Å². The molecule has 0 aliphatic rings. The van der Waals surface area contributed by atoms with Gasteiger partial charge in [0.15, 0.2) is 16.9 Å². The minimum atomic E-state index is 0.527. The number of furan rings is 1. The monoisotopic (exact) mass is 328 g/mol. The largest absolute Gasteiger partial charge is 0.463 e. The van der Waals surface area contributed by atoms with E-state index in [1.54, 1.807) is 17.1 Å². The highest BCUT2D eigenvalue weighted by molar-refractivity contribution is 5.85. The van der Waals surface area contributed by atoms with Crippen LogP contribution in [0, 0.1) is 0 Å². The molecule has 0 unspecified atom stereocenters. The van der Waals surface area contributed by atoms with Gasteiger partial charge in [-0.1, -0.05) is 29.5 Å². The maximum absolute atomic E-state index is 5.44. The van der Waals surface area contributed by atoms with Gasteiger partial charge in [-0.2, -0.15) is 0 Å². The lowest BCUT2D eigenvalue weighted by Crippen LogP contribution is -2.04. The lowest BCUT2D eigenvalue weighted by molar-refractivity contribution is 0.580. The van der Waals surface area contributed by atoms with Gasteiger partial charge in [0.05, 0.1) is 18.3 Å². The van der Waals surface area contributed by atoms with E-state index >= 15 is 0 Å². The maximum atomic E-state index is 5.44. The summed E-state index contributed by atoms with van der Waals surface area (Å²) < 4.78 is 7.19. The number of rotatable bonds is 3. The van der Waals surface area contributed by atoms with E-state index in [9.17, 15) is 0 Å². The second-order valence-corrected chi connectivity index (χ2v) is 5.61. The van der Waals surface area contributed by atoms with Crippen molar-refractivity contribution >= 4 is 22.1 Å². The van der Waals surface area contributed by atoms with Crippen LogP contribution < -0.4 is 0 Å². The van der Waals surface area contributed by atoms with Gasteiger partial charge in [0, 0.05) is 11.6 Å². The Kier molecular flexibility index (Phi) is 3.03. The van der Waals surface area contributed by atoms with Gasteiger partial charge >= 0.3 is 0 Å². The predicted octanol–water partition coefficient (Wildman–Crippen LogP) is 3.08. The Balaban J connectivity index is 1.63. The molecule has 0 bridgehead atoms. The lowest BCUT2D eigenvalue weighted by atomic mass is 10.1. The van der Waals surface area contributed by atoms with Gasteiger partial charge in [-0.05, 0) is 23.8 Å². The summed E-state index contributed by atoms with van der Waals surface area (Å²) >= 11 is 0. The first kappa shape index (κ1) is 13.8. The SMILES string of the molecule is c1coc(-c2ncnc3c2nnn3Cc2cccc3cccnc23)c1. The smallest absolute Gasteiger partial charge is 0.182 e. The van der Waals surface area contributed by atoms with Crippen LogP contribution in [0.1, 0.15) is 5.56 Å². The molecule has 7 heteroatoms. The summed E-state index contributed by atoms with van der Waals surface area (Å²) in [4.78, 5) is 13.1. The fraction of sp³-hybridized carbons (Fsp3) is 0.0556. The van der Waals surface area contributed by atoms with Crippen LogP contribution in [0.5, 0.6) is 0 Å². The molecule has 1 aromatic carbocycles. The van der Waals surface area contributed by atoms with Gasteiger partial charge in [-0.25, -0.2) is 14.6 Å². The van der Waals surface area contributed by atoms with Crippen molar-refractivity contribution in [2.75, 3.05) is 0 Å². The zero-order valence-electron chi connectivity index (χ0n) is 13.1. The average molecular weight is 328 g/mol. The molecule has 0 aliphatic carbocycles. The molecule has 7 nitrogen and oxygen atoms in total. The fourth-order valence-electron chi connectivity index (χ4n) is 2.95. The first-order valence-electron chi connectivity index (χ1n) is 7.81. The van der Waals surface area contributed by atoms with E-state index in [0.29, 0.717) is 29.2 Å². The number of fused-ring (bicyclic) bond motifs is 2. The zero-order valence-corrected chi connectivity index (χ0v) is 13.1. The van der Waals surface area contributed by atoms with E-state index in [4.69, 9.17) is 4.42 Å². The van der Waals surface area contributed by atoms with E-state index in [0.717, 1.165) is 16.5 Å². The minimum absolute atomic E-state index is 0.527. The van der Waals surface area contributed by atoms with Crippen LogP contribution >= 0.6 is 0 Å². The molecule has 0 N–H and O–H groups in total. The van der Waals surface area contributed by atoms with E-state index in [1.165, 1.54) is 6.33 Å². The number of aromatic nitrogens is 6. The van der Waals surface area contributed by atoms with Crippen molar-refractivity contribution in [3.05, 3.63) is 66.8 Å². The summed E-state index contributed by atoms with van der Waals surface area (Å²) in [6.45, 7) is 0.527. The number of hydrogen-bond acceptors (Lipinski definition) is 6. The van der Waals surface area contributed by atoms with Gasteiger partial charge in [-0.15, -0.1) is 5.10 Å². The molecule has 0 fully saturated rings. The van der Waals surface area contributed by atoms with E-state index in [2.05, 4.69) is 25.3 Å². The highest BCUT2D eigenvalue weighted by atomic mass is 16.3. The van der Waals surface area contributed by atoms with Crippen molar-refractivity contribution in [2.45, 2.75) is 6.54 Å². The Hall–Kier alpha value is -3.61. The molecule has 0 saturated heterocycles. The summed E-state index contributed by atoms with van der Waals surface area (Å²) in [5.74, 6) is 0.645. The molecule has 5 rings (SSSR count). The van der Waals surface area contributed by atoms with Crippen molar-refractivity contribution in [1.82, 2.24) is 29.9 Å². The van der Waals surface area contributed by atoms with Crippen molar-refractivity contribution in [3.63, 3.8) is 0 Å². The molecule has 0 saturated carbocycles. The molecular formula is C18H12N6O. The molecule has 0 amide bonds. The molecule has 0 radical (unpaired) electrons. The Morgan fingerprint density at radius 2 is 1.88 bits per heavy atom. The average Bonchev–Trinajstić information content (AvgIpc) is 3.32. The van der Waals surface area contributed by atoms with Crippen LogP contribution in [0.25, 0.3) is 33.5 Å². The van der Waals surface area contributed by atoms with Crippen LogP contribution in [0.15, 0.2) is 65.7 Å². The van der Waals surface area contributed by atoms with Crippen LogP contribution in [-0.4, -0.2) is 29.9 Å². The van der Waals surface area contributed by atoms with Crippen molar-refractivity contribution < 1.29 is 4.42 Å². The Labute approximate surface area is 142 Å². The third-order valence-electron chi connectivity index (χ3n) is 4.09. The minimum Gasteiger partial charge on any atom is -0.463 e. The summed E-state index contributed by atoms with van der Waals surface area (Å²) in [7, 11) is 0. The normalized spacial score (nSPS) is 11.4. The topological polar surface area (TPSA) is 82.5 Å². The zero-order chi connectivity index (χ0) is 16.6. The Morgan fingerprint density at radius 1 is 0.920 bits per heavy atom. The van der Waals surface area contributed by atoms with Gasteiger partial charge < -0.3 is 4.42 Å². The second kappa shape index (κ2) is 5.48. The van der Waals surface area contributed by atoms with Crippen LogP contribution in [0.4, 0.5) is 0 Å². The first-order chi connectivity index (χ1) is 12.4. The molecule has 0 atom stereocenters. The third kappa shape index (κ3) is 2.25.